The fraction of sp³-hybridized carbons (Fsp3) is 0.412. The summed E-state index contributed by atoms with van der Waals surface area (Å²) >= 11 is 0. The van der Waals surface area contributed by atoms with Crippen LogP contribution >= 0.6 is 0 Å². The van der Waals surface area contributed by atoms with E-state index in [-0.39, 0.29) is 11.6 Å². The Bertz CT molecular complexity index is 789. The van der Waals surface area contributed by atoms with Crippen LogP contribution in [0.4, 0.5) is 5.69 Å². The van der Waals surface area contributed by atoms with Crippen molar-refractivity contribution in [3.05, 3.63) is 52.3 Å². The third-order valence-corrected chi connectivity index (χ3v) is 5.13. The van der Waals surface area contributed by atoms with Crippen LogP contribution in [-0.4, -0.2) is 38.6 Å². The fourth-order valence-electron chi connectivity index (χ4n) is 3.89. The van der Waals surface area contributed by atoms with Crippen molar-refractivity contribution in [1.82, 2.24) is 14.7 Å². The molecule has 2 aromatic rings. The number of hydrogen-bond donors (Lipinski definition) is 0. The number of non-ortho nitro benzene ring substituents is 1. The number of fused-ring (bicyclic) bond motifs is 1. The first-order chi connectivity index (χ1) is 11.6. The van der Waals surface area contributed by atoms with Gasteiger partial charge in [-0.1, -0.05) is 12.5 Å². The van der Waals surface area contributed by atoms with Gasteiger partial charge in [0.15, 0.2) is 5.69 Å². The number of nitro benzene ring substituents is 1. The van der Waals surface area contributed by atoms with Crippen LogP contribution in [0.3, 0.4) is 0 Å². The highest BCUT2D eigenvalue weighted by atomic mass is 16.6. The van der Waals surface area contributed by atoms with Crippen LogP contribution in [0.2, 0.25) is 0 Å². The maximum Gasteiger partial charge on any atom is 0.274 e. The Balaban J connectivity index is 1.53. The molecule has 2 atom stereocenters. The number of benzene rings is 1. The number of rotatable bonds is 3. The predicted octanol–water partition coefficient (Wildman–Crippen LogP) is 2.65. The third-order valence-electron chi connectivity index (χ3n) is 5.13. The molecular weight excluding hydrogens is 308 g/mol. The Morgan fingerprint density at radius 2 is 1.96 bits per heavy atom. The first-order valence-electron chi connectivity index (χ1n) is 8.21. The van der Waals surface area contributed by atoms with Crippen LogP contribution in [-0.2, 0) is 0 Å². The number of amides is 1. The molecule has 0 N–H and O–H groups in total. The average molecular weight is 326 g/mol. The molecule has 24 heavy (non-hydrogen) atoms. The van der Waals surface area contributed by atoms with Gasteiger partial charge in [-0.3, -0.25) is 14.9 Å². The van der Waals surface area contributed by atoms with Crippen LogP contribution in [0.1, 0.15) is 29.8 Å². The molecule has 0 spiro atoms. The van der Waals surface area contributed by atoms with E-state index >= 15 is 0 Å². The minimum Gasteiger partial charge on any atom is -0.337 e. The minimum atomic E-state index is -0.442. The third kappa shape index (κ3) is 2.55. The van der Waals surface area contributed by atoms with E-state index in [0.717, 1.165) is 13.1 Å². The summed E-state index contributed by atoms with van der Waals surface area (Å²) in [7, 11) is 0. The molecule has 2 aliphatic rings. The lowest BCUT2D eigenvalue weighted by Crippen LogP contribution is -2.29. The minimum absolute atomic E-state index is 0.00300. The molecular formula is C17H18N4O3. The molecule has 0 radical (unpaired) electrons. The van der Waals surface area contributed by atoms with Gasteiger partial charge in [0, 0.05) is 31.4 Å². The van der Waals surface area contributed by atoms with Crippen LogP contribution < -0.4 is 0 Å². The number of nitrogens with zero attached hydrogens (tertiary/aromatic N) is 4. The largest absolute Gasteiger partial charge is 0.337 e. The average Bonchev–Trinajstić information content (AvgIpc) is 3.29. The summed E-state index contributed by atoms with van der Waals surface area (Å²) in [5, 5.41) is 15.2. The van der Waals surface area contributed by atoms with Gasteiger partial charge in [0.2, 0.25) is 0 Å². The Morgan fingerprint density at radius 3 is 2.67 bits per heavy atom. The van der Waals surface area contributed by atoms with E-state index in [2.05, 4.69) is 5.10 Å². The molecule has 1 aromatic heterocycles. The highest BCUT2D eigenvalue weighted by molar-refractivity contribution is 5.92. The first kappa shape index (κ1) is 14.9. The van der Waals surface area contributed by atoms with Gasteiger partial charge in [0.1, 0.15) is 0 Å². The van der Waals surface area contributed by atoms with Gasteiger partial charge in [-0.25, -0.2) is 4.68 Å². The molecule has 2 heterocycles. The van der Waals surface area contributed by atoms with Crippen molar-refractivity contribution >= 4 is 11.6 Å². The maximum atomic E-state index is 12.6. The van der Waals surface area contributed by atoms with Gasteiger partial charge < -0.3 is 4.90 Å². The molecule has 7 heteroatoms. The molecule has 1 amide bonds. The monoisotopic (exact) mass is 326 g/mol. The normalized spacial score (nSPS) is 22.6. The van der Waals surface area contributed by atoms with Gasteiger partial charge in [-0.05, 0) is 36.8 Å². The molecule has 2 fully saturated rings. The molecule has 7 nitrogen and oxygen atoms in total. The molecule has 1 saturated carbocycles. The summed E-state index contributed by atoms with van der Waals surface area (Å²) in [5.74, 6) is 1.24. The Hall–Kier alpha value is -2.70. The van der Waals surface area contributed by atoms with E-state index < -0.39 is 4.92 Å². The van der Waals surface area contributed by atoms with Gasteiger partial charge in [0.05, 0.1) is 10.6 Å². The molecule has 1 aliphatic carbocycles. The topological polar surface area (TPSA) is 81.3 Å². The van der Waals surface area contributed by atoms with Gasteiger partial charge in [0.25, 0.3) is 11.6 Å². The highest BCUT2D eigenvalue weighted by Crippen LogP contribution is 2.38. The van der Waals surface area contributed by atoms with Crippen molar-refractivity contribution in [3.8, 4) is 5.69 Å². The lowest BCUT2D eigenvalue weighted by Gasteiger charge is -2.15. The van der Waals surface area contributed by atoms with Crippen molar-refractivity contribution in [3.63, 3.8) is 0 Å². The number of likely N-dealkylation sites (tertiary alicyclic amines) is 1. The molecule has 1 aliphatic heterocycles. The van der Waals surface area contributed by atoms with E-state index in [4.69, 9.17) is 0 Å². The van der Waals surface area contributed by atoms with Crippen molar-refractivity contribution in [1.29, 1.82) is 0 Å². The Morgan fingerprint density at radius 1 is 1.21 bits per heavy atom. The zero-order valence-corrected chi connectivity index (χ0v) is 13.2. The van der Waals surface area contributed by atoms with E-state index in [9.17, 15) is 14.9 Å². The second-order valence-corrected chi connectivity index (χ2v) is 6.58. The number of nitro groups is 1. The van der Waals surface area contributed by atoms with Crippen LogP contribution in [0.25, 0.3) is 5.69 Å². The number of carbonyl (C=O) groups is 1. The lowest BCUT2D eigenvalue weighted by atomic mass is 10.0. The molecule has 1 saturated heterocycles. The quantitative estimate of drug-likeness (QED) is 0.641. The lowest BCUT2D eigenvalue weighted by molar-refractivity contribution is -0.384. The fourth-order valence-corrected chi connectivity index (χ4v) is 3.89. The van der Waals surface area contributed by atoms with Crippen LogP contribution in [0.15, 0.2) is 36.5 Å². The van der Waals surface area contributed by atoms with Gasteiger partial charge in [-0.15, -0.1) is 0 Å². The van der Waals surface area contributed by atoms with Crippen molar-refractivity contribution < 1.29 is 9.72 Å². The second-order valence-electron chi connectivity index (χ2n) is 6.58. The number of carbonyl (C=O) groups excluding carboxylic acids is 1. The molecule has 1 aromatic carbocycles. The summed E-state index contributed by atoms with van der Waals surface area (Å²) in [6.45, 7) is 1.65. The Labute approximate surface area is 139 Å². The SMILES string of the molecule is O=C(c1ccn(-c2cccc([N+](=O)[O-])c2)n1)N1C[C@H]2CCC[C@H]2C1. The molecule has 0 bridgehead atoms. The van der Waals surface area contributed by atoms with Crippen molar-refractivity contribution in [2.45, 2.75) is 19.3 Å². The van der Waals surface area contributed by atoms with Crippen molar-refractivity contribution in [2.75, 3.05) is 13.1 Å². The summed E-state index contributed by atoms with van der Waals surface area (Å²) in [6.07, 6.45) is 5.38. The van der Waals surface area contributed by atoms with E-state index in [1.165, 1.54) is 36.1 Å². The zero-order valence-electron chi connectivity index (χ0n) is 13.2. The van der Waals surface area contributed by atoms with Gasteiger partial charge in [-0.2, -0.15) is 5.10 Å². The Kier molecular flexibility index (Phi) is 3.55. The summed E-state index contributed by atoms with van der Waals surface area (Å²) < 4.78 is 1.51. The standard InChI is InChI=1S/C17H18N4O3/c22-17(19-10-12-3-1-4-13(12)11-19)16-7-8-20(18-16)14-5-2-6-15(9-14)21(23)24/h2,5-9,12-13H,1,3-4,10-11H2/t12-,13+. The summed E-state index contributed by atoms with van der Waals surface area (Å²) in [6, 6.07) is 7.89. The van der Waals surface area contributed by atoms with E-state index in [0.29, 0.717) is 23.2 Å². The second kappa shape index (κ2) is 5.74. The maximum absolute atomic E-state index is 12.6. The molecule has 124 valence electrons. The smallest absolute Gasteiger partial charge is 0.274 e. The zero-order chi connectivity index (χ0) is 16.7. The highest BCUT2D eigenvalue weighted by Gasteiger charge is 2.38. The molecule has 0 unspecified atom stereocenters. The number of aromatic nitrogens is 2. The van der Waals surface area contributed by atoms with Gasteiger partial charge >= 0.3 is 0 Å². The van der Waals surface area contributed by atoms with E-state index in [1.54, 1.807) is 24.4 Å². The number of hydrogen-bond acceptors (Lipinski definition) is 4. The predicted molar refractivity (Wildman–Crippen MR) is 87.0 cm³/mol. The van der Waals surface area contributed by atoms with Crippen LogP contribution in [0, 0.1) is 22.0 Å². The summed E-state index contributed by atoms with van der Waals surface area (Å²) in [4.78, 5) is 25.0. The van der Waals surface area contributed by atoms with Crippen molar-refractivity contribution in [2.24, 2.45) is 11.8 Å². The molecule has 4 rings (SSSR count). The van der Waals surface area contributed by atoms with E-state index in [1.807, 2.05) is 4.90 Å². The van der Waals surface area contributed by atoms with Crippen LogP contribution in [0.5, 0.6) is 0 Å². The summed E-state index contributed by atoms with van der Waals surface area (Å²) in [5.41, 5.74) is 0.964. The first-order valence-corrected chi connectivity index (χ1v) is 8.21.